The maximum atomic E-state index is 12.7. The second-order valence-electron chi connectivity index (χ2n) is 11.7. The predicted octanol–water partition coefficient (Wildman–Crippen LogP) is 5.01. The minimum Gasteiger partial charge on any atom is -0.481 e. The Morgan fingerprint density at radius 2 is 1.29 bits per heavy atom. The van der Waals surface area contributed by atoms with Gasteiger partial charge in [0.05, 0.1) is 13.0 Å². The molecule has 0 aromatic rings. The fourth-order valence-electron chi connectivity index (χ4n) is 3.16. The molecular formula is C22H46O9Si4. The number of ether oxygens (including phenoxy) is 2. The Bertz CT molecular complexity index is 711. The lowest BCUT2D eigenvalue weighted by atomic mass is 10.00. The molecule has 2 unspecified atom stereocenters. The van der Waals surface area contributed by atoms with E-state index >= 15 is 0 Å². The van der Waals surface area contributed by atoms with E-state index < -0.39 is 70.1 Å². The first kappa shape index (κ1) is 33.9. The summed E-state index contributed by atoms with van der Waals surface area (Å²) in [5.41, 5.74) is 0.160. The molecule has 0 radical (unpaired) electrons. The Hall–Kier alpha value is -1.10. The molecule has 0 fully saturated rings. The third-order valence-electron chi connectivity index (χ3n) is 4.16. The first-order chi connectivity index (χ1) is 15.6. The Balaban J connectivity index is 5.49. The molecule has 35 heavy (non-hydrogen) atoms. The normalized spacial score (nSPS) is 14.7. The fourth-order valence-corrected chi connectivity index (χ4v) is 17.8. The highest BCUT2D eigenvalue weighted by Gasteiger charge is 2.49. The Morgan fingerprint density at radius 3 is 1.63 bits per heavy atom. The Kier molecular flexibility index (Phi) is 13.0. The van der Waals surface area contributed by atoms with E-state index in [4.69, 9.17) is 21.8 Å². The molecule has 0 amide bonds. The van der Waals surface area contributed by atoms with Crippen LogP contribution < -0.4 is 0 Å². The number of hydrogen-bond acceptors (Lipinski definition) is 8. The highest BCUT2D eigenvalue weighted by atomic mass is 28.5. The van der Waals surface area contributed by atoms with Crippen LogP contribution in [-0.2, 0) is 36.2 Å². The number of hydrogen-bond donors (Lipinski definition) is 1. The van der Waals surface area contributed by atoms with E-state index in [1.807, 2.05) is 0 Å². The molecule has 1 N–H and O–H groups in total. The highest BCUT2D eigenvalue weighted by molar-refractivity contribution is 6.90. The van der Waals surface area contributed by atoms with Crippen LogP contribution in [0.5, 0.6) is 0 Å². The van der Waals surface area contributed by atoms with Gasteiger partial charge in [0.25, 0.3) is 0 Å². The van der Waals surface area contributed by atoms with Crippen LogP contribution in [0.15, 0.2) is 12.2 Å². The van der Waals surface area contributed by atoms with Gasteiger partial charge < -0.3 is 26.9 Å². The summed E-state index contributed by atoms with van der Waals surface area (Å²) in [7, 11) is -9.13. The van der Waals surface area contributed by atoms with E-state index in [1.165, 1.54) is 13.8 Å². The molecule has 9 nitrogen and oxygen atoms in total. The molecule has 0 aliphatic rings. The van der Waals surface area contributed by atoms with Gasteiger partial charge in [0.2, 0.25) is 0 Å². The van der Waals surface area contributed by atoms with Gasteiger partial charge in [-0.15, -0.1) is 0 Å². The molecule has 204 valence electrons. The zero-order valence-corrected chi connectivity index (χ0v) is 27.4. The topological polar surface area (TPSA) is 118 Å². The van der Waals surface area contributed by atoms with Crippen molar-refractivity contribution in [3.8, 4) is 0 Å². The second-order valence-corrected chi connectivity index (χ2v) is 28.7. The Morgan fingerprint density at radius 1 is 0.857 bits per heavy atom. The number of esters is 2. The molecule has 0 saturated heterocycles. The largest absolute Gasteiger partial charge is 0.481 e. The number of carbonyl (C=O) groups excluding carboxylic acids is 2. The molecule has 0 spiro atoms. The van der Waals surface area contributed by atoms with E-state index in [0.29, 0.717) is 12.5 Å². The third kappa shape index (κ3) is 15.6. The molecule has 0 aromatic carbocycles. The van der Waals surface area contributed by atoms with E-state index in [1.54, 1.807) is 0 Å². The molecule has 0 saturated carbocycles. The van der Waals surface area contributed by atoms with Gasteiger partial charge in [-0.05, 0) is 79.2 Å². The first-order valence-electron chi connectivity index (χ1n) is 11.9. The van der Waals surface area contributed by atoms with E-state index in [-0.39, 0.29) is 12.2 Å². The lowest BCUT2D eigenvalue weighted by molar-refractivity contribution is -0.163. The lowest BCUT2D eigenvalue weighted by Gasteiger charge is -2.42. The molecule has 2 atom stereocenters. The van der Waals surface area contributed by atoms with Gasteiger partial charge in [-0.2, -0.15) is 0 Å². The summed E-state index contributed by atoms with van der Waals surface area (Å²) in [5.74, 6) is -3.74. The Labute approximate surface area is 215 Å². The monoisotopic (exact) mass is 566 g/mol. The first-order valence-corrected chi connectivity index (χ1v) is 24.1. The van der Waals surface area contributed by atoms with Crippen LogP contribution in [0.4, 0.5) is 0 Å². The van der Waals surface area contributed by atoms with Crippen molar-refractivity contribution in [3.05, 3.63) is 12.2 Å². The van der Waals surface area contributed by atoms with Crippen LogP contribution in [0.3, 0.4) is 0 Å². The average Bonchev–Trinajstić information content (AvgIpc) is 2.58. The number of aliphatic carboxylic acids is 1. The van der Waals surface area contributed by atoms with Crippen LogP contribution in [0, 0.1) is 5.92 Å². The smallest absolute Gasteiger partial charge is 0.469 e. The zero-order valence-electron chi connectivity index (χ0n) is 23.4. The second kappa shape index (κ2) is 13.4. The molecular weight excluding hydrogens is 521 g/mol. The molecule has 0 bridgehead atoms. The summed E-state index contributed by atoms with van der Waals surface area (Å²) in [6, 6.07) is 0.489. The van der Waals surface area contributed by atoms with Crippen LogP contribution >= 0.6 is 0 Å². The molecule has 0 aromatic heterocycles. The van der Waals surface area contributed by atoms with E-state index in [9.17, 15) is 19.5 Å². The van der Waals surface area contributed by atoms with Crippen LogP contribution in [0.25, 0.3) is 0 Å². The maximum Gasteiger partial charge on any atom is 0.469 e. The summed E-state index contributed by atoms with van der Waals surface area (Å²) >= 11 is 0. The SMILES string of the molecule is C=C(C)C(=O)OC(C)C(CC(=O)O)C(=O)OCCC[Si](O[Si](C)(C)C)(O[Si](C)(C)C)O[Si](C)(C)C. The van der Waals surface area contributed by atoms with Gasteiger partial charge in [-0.1, -0.05) is 6.58 Å². The summed E-state index contributed by atoms with van der Waals surface area (Å²) in [5, 5.41) is 9.23. The van der Waals surface area contributed by atoms with E-state index in [0.717, 1.165) is 0 Å². The maximum absolute atomic E-state index is 12.7. The quantitative estimate of drug-likeness (QED) is 0.119. The number of carboxylic acid groups (broad SMARTS) is 1. The van der Waals surface area contributed by atoms with Gasteiger partial charge in [0, 0.05) is 11.6 Å². The highest BCUT2D eigenvalue weighted by Crippen LogP contribution is 2.30. The number of rotatable bonds is 16. The van der Waals surface area contributed by atoms with Crippen molar-refractivity contribution in [3.63, 3.8) is 0 Å². The van der Waals surface area contributed by atoms with Gasteiger partial charge in [-0.25, -0.2) is 4.79 Å². The summed E-state index contributed by atoms with van der Waals surface area (Å²) in [6.07, 6.45) is -1.05. The summed E-state index contributed by atoms with van der Waals surface area (Å²) in [4.78, 5) is 35.9. The van der Waals surface area contributed by atoms with E-state index in [2.05, 4.69) is 65.5 Å². The van der Waals surface area contributed by atoms with Crippen molar-refractivity contribution in [1.82, 2.24) is 0 Å². The molecule has 13 heteroatoms. The number of carbonyl (C=O) groups is 3. The minimum absolute atomic E-state index is 0.0457. The minimum atomic E-state index is -3.06. The summed E-state index contributed by atoms with van der Waals surface area (Å²) in [6.45, 7) is 25.4. The van der Waals surface area contributed by atoms with Crippen molar-refractivity contribution in [1.29, 1.82) is 0 Å². The zero-order chi connectivity index (χ0) is 27.8. The predicted molar refractivity (Wildman–Crippen MR) is 146 cm³/mol. The van der Waals surface area contributed by atoms with Crippen molar-refractivity contribution in [2.24, 2.45) is 5.92 Å². The summed E-state index contributed by atoms with van der Waals surface area (Å²) < 4.78 is 30.4. The van der Waals surface area contributed by atoms with Gasteiger partial charge in [0.15, 0.2) is 25.0 Å². The van der Waals surface area contributed by atoms with Crippen LogP contribution in [0.1, 0.15) is 26.7 Å². The third-order valence-corrected chi connectivity index (χ3v) is 16.2. The molecule has 0 heterocycles. The van der Waals surface area contributed by atoms with Gasteiger partial charge in [-0.3, -0.25) is 9.59 Å². The van der Waals surface area contributed by atoms with Gasteiger partial charge in [0.1, 0.15) is 12.0 Å². The van der Waals surface area contributed by atoms with Crippen LogP contribution in [0.2, 0.25) is 65.0 Å². The van der Waals surface area contributed by atoms with Crippen molar-refractivity contribution < 1.29 is 41.3 Å². The molecule has 0 aliphatic heterocycles. The fraction of sp³-hybridized carbons (Fsp3) is 0.773. The van der Waals surface area contributed by atoms with Crippen molar-refractivity contribution in [2.75, 3.05) is 6.61 Å². The number of carboxylic acids is 1. The lowest BCUT2D eigenvalue weighted by Crippen LogP contribution is -2.60. The van der Waals surface area contributed by atoms with Gasteiger partial charge >= 0.3 is 26.7 Å². The average molecular weight is 567 g/mol. The standard InChI is InChI=1S/C22H46O9Si4/c1-17(2)21(25)28-18(3)19(16-20(23)24)22(26)27-14-13-15-35(29-32(4,5)6,30-33(7,8)9)31-34(10,11)12/h18-19H,1,13-16H2,2-12H3,(H,23,24). The molecule has 0 rings (SSSR count). The molecule has 0 aliphatic carbocycles. The van der Waals surface area contributed by atoms with Crippen molar-refractivity contribution in [2.45, 2.75) is 97.8 Å². The van der Waals surface area contributed by atoms with Crippen LogP contribution in [-0.4, -0.2) is 69.5 Å². The van der Waals surface area contributed by atoms with Crippen molar-refractivity contribution >= 4 is 51.7 Å².